The monoisotopic (exact) mass is 431 g/mol. The average molecular weight is 432 g/mol. The van der Waals surface area contributed by atoms with E-state index in [4.69, 9.17) is 0 Å². The lowest BCUT2D eigenvalue weighted by molar-refractivity contribution is -0.128. The van der Waals surface area contributed by atoms with Crippen LogP contribution in [0.15, 0.2) is 77.8 Å². The molecule has 1 saturated heterocycles. The van der Waals surface area contributed by atoms with E-state index in [0.29, 0.717) is 11.7 Å². The molecule has 1 aliphatic rings. The lowest BCUT2D eigenvalue weighted by atomic mass is 10.1. The summed E-state index contributed by atoms with van der Waals surface area (Å²) in [4.78, 5) is 32.3. The number of amides is 2. The van der Waals surface area contributed by atoms with Gasteiger partial charge in [0.15, 0.2) is 5.17 Å². The molecule has 0 unspecified atom stereocenters. The molecule has 0 aliphatic carbocycles. The maximum absolute atomic E-state index is 13.1. The Kier molecular flexibility index (Phi) is 6.67. The molecular weight excluding hydrogens is 406 g/mol. The third kappa shape index (κ3) is 4.97. The first-order valence-corrected chi connectivity index (χ1v) is 11.4. The molecule has 1 N–H and O–H groups in total. The van der Waals surface area contributed by atoms with Crippen molar-refractivity contribution in [1.82, 2.24) is 4.90 Å². The van der Waals surface area contributed by atoms with Gasteiger partial charge < -0.3 is 5.32 Å². The van der Waals surface area contributed by atoms with E-state index in [9.17, 15) is 9.59 Å². The highest BCUT2D eigenvalue weighted by Crippen LogP contribution is 2.32. The fraction of sp³-hybridized carbons (Fsp3) is 0.240. The SMILES string of the molecule is CCCCN1C(=O)[C@@H](CC(=O)Nc2cccc3ccccc23)SC1=Nc1ccccc1. The van der Waals surface area contributed by atoms with E-state index in [-0.39, 0.29) is 18.2 Å². The van der Waals surface area contributed by atoms with Crippen molar-refractivity contribution >= 4 is 50.9 Å². The second kappa shape index (κ2) is 9.79. The van der Waals surface area contributed by atoms with Crippen molar-refractivity contribution < 1.29 is 9.59 Å². The van der Waals surface area contributed by atoms with Crippen LogP contribution in [-0.2, 0) is 9.59 Å². The van der Waals surface area contributed by atoms with Crippen molar-refractivity contribution in [1.29, 1.82) is 0 Å². The van der Waals surface area contributed by atoms with Gasteiger partial charge in [0.05, 0.1) is 5.69 Å². The number of carbonyl (C=O) groups excluding carboxylic acids is 2. The Hall–Kier alpha value is -3.12. The van der Waals surface area contributed by atoms with E-state index in [1.54, 1.807) is 4.90 Å². The number of para-hydroxylation sites is 1. The van der Waals surface area contributed by atoms with E-state index in [1.165, 1.54) is 11.8 Å². The maximum atomic E-state index is 13.1. The molecule has 0 aromatic heterocycles. The molecule has 6 heteroatoms. The molecule has 0 spiro atoms. The van der Waals surface area contributed by atoms with Gasteiger partial charge >= 0.3 is 0 Å². The minimum absolute atomic E-state index is 0.0406. The second-order valence-electron chi connectivity index (χ2n) is 7.46. The molecule has 2 amide bonds. The van der Waals surface area contributed by atoms with Gasteiger partial charge in [0.25, 0.3) is 0 Å². The molecule has 1 heterocycles. The summed E-state index contributed by atoms with van der Waals surface area (Å²) in [5, 5.41) is 5.25. The minimum atomic E-state index is -0.464. The fourth-order valence-electron chi connectivity index (χ4n) is 3.56. The highest BCUT2D eigenvalue weighted by Gasteiger charge is 2.38. The number of benzene rings is 3. The molecule has 4 rings (SSSR count). The van der Waals surface area contributed by atoms with Gasteiger partial charge in [0, 0.05) is 24.0 Å². The van der Waals surface area contributed by atoms with Gasteiger partial charge in [-0.25, -0.2) is 4.99 Å². The fourth-order valence-corrected chi connectivity index (χ4v) is 4.75. The summed E-state index contributed by atoms with van der Waals surface area (Å²) in [6.07, 6.45) is 2.00. The minimum Gasteiger partial charge on any atom is -0.325 e. The number of anilines is 1. The third-order valence-electron chi connectivity index (χ3n) is 5.17. The van der Waals surface area contributed by atoms with Crippen molar-refractivity contribution in [3.05, 3.63) is 72.8 Å². The third-order valence-corrected chi connectivity index (χ3v) is 6.35. The van der Waals surface area contributed by atoms with E-state index >= 15 is 0 Å². The normalized spacial score (nSPS) is 17.5. The predicted octanol–water partition coefficient (Wildman–Crippen LogP) is 5.60. The van der Waals surface area contributed by atoms with E-state index in [2.05, 4.69) is 17.2 Å². The van der Waals surface area contributed by atoms with Crippen LogP contribution in [0.3, 0.4) is 0 Å². The Morgan fingerprint density at radius 3 is 2.58 bits per heavy atom. The number of rotatable bonds is 7. The zero-order chi connectivity index (χ0) is 21.6. The number of carbonyl (C=O) groups is 2. The van der Waals surface area contributed by atoms with Gasteiger partial charge in [-0.15, -0.1) is 0 Å². The van der Waals surface area contributed by atoms with Crippen molar-refractivity contribution in [2.24, 2.45) is 4.99 Å². The summed E-state index contributed by atoms with van der Waals surface area (Å²) in [6, 6.07) is 23.4. The Morgan fingerprint density at radius 2 is 1.77 bits per heavy atom. The van der Waals surface area contributed by atoms with Crippen molar-refractivity contribution in [2.45, 2.75) is 31.4 Å². The first-order chi connectivity index (χ1) is 15.2. The van der Waals surface area contributed by atoms with Crippen molar-refractivity contribution in [2.75, 3.05) is 11.9 Å². The molecule has 0 radical (unpaired) electrons. The first kappa shape index (κ1) is 21.1. The number of nitrogens with one attached hydrogen (secondary N) is 1. The van der Waals surface area contributed by atoms with Crippen LogP contribution in [0.25, 0.3) is 10.8 Å². The van der Waals surface area contributed by atoms with Crippen LogP contribution >= 0.6 is 11.8 Å². The Morgan fingerprint density at radius 1 is 1.03 bits per heavy atom. The van der Waals surface area contributed by atoms with Gasteiger partial charge in [0.2, 0.25) is 11.8 Å². The maximum Gasteiger partial charge on any atom is 0.242 e. The molecule has 0 bridgehead atoms. The van der Waals surface area contributed by atoms with Gasteiger partial charge in [0.1, 0.15) is 5.25 Å². The first-order valence-electron chi connectivity index (χ1n) is 10.5. The smallest absolute Gasteiger partial charge is 0.242 e. The summed E-state index contributed by atoms with van der Waals surface area (Å²) in [5.41, 5.74) is 1.57. The molecule has 1 atom stereocenters. The summed E-state index contributed by atoms with van der Waals surface area (Å²) in [7, 11) is 0. The lowest BCUT2D eigenvalue weighted by Gasteiger charge is -2.16. The summed E-state index contributed by atoms with van der Waals surface area (Å²) in [6.45, 7) is 2.71. The van der Waals surface area contributed by atoms with Gasteiger partial charge in [-0.3, -0.25) is 14.5 Å². The number of thioether (sulfide) groups is 1. The van der Waals surface area contributed by atoms with Gasteiger partial charge in [-0.1, -0.05) is 79.7 Å². The molecular formula is C25H25N3O2S. The van der Waals surface area contributed by atoms with Crippen LogP contribution in [-0.4, -0.2) is 33.7 Å². The highest BCUT2D eigenvalue weighted by atomic mass is 32.2. The number of amidine groups is 1. The van der Waals surface area contributed by atoms with Crippen molar-refractivity contribution in [3.63, 3.8) is 0 Å². The second-order valence-corrected chi connectivity index (χ2v) is 8.63. The topological polar surface area (TPSA) is 61.8 Å². The number of unbranched alkanes of at least 4 members (excludes halogenated alkanes) is 1. The molecule has 1 fully saturated rings. The van der Waals surface area contributed by atoms with E-state index in [0.717, 1.165) is 35.0 Å². The molecule has 5 nitrogen and oxygen atoms in total. The Bertz CT molecular complexity index is 1110. The lowest BCUT2D eigenvalue weighted by Crippen LogP contribution is -2.34. The molecule has 0 saturated carbocycles. The van der Waals surface area contributed by atoms with Crippen LogP contribution in [0.4, 0.5) is 11.4 Å². The van der Waals surface area contributed by atoms with Crippen LogP contribution in [0, 0.1) is 0 Å². The quantitative estimate of drug-likeness (QED) is 0.530. The number of hydrogen-bond donors (Lipinski definition) is 1. The number of aliphatic imine (C=N–C) groups is 1. The average Bonchev–Trinajstić information content (AvgIpc) is 3.07. The standard InChI is InChI=1S/C25H25N3O2S/c1-2-3-16-28-24(30)22(31-25(28)26-19-12-5-4-6-13-19)17-23(29)27-21-15-9-11-18-10-7-8-14-20(18)21/h4-15,22H,2-3,16-17H2,1H3,(H,27,29)/t22-/m1/s1. The van der Waals surface area contributed by atoms with Crippen LogP contribution in [0.5, 0.6) is 0 Å². The summed E-state index contributed by atoms with van der Waals surface area (Å²) < 4.78 is 0. The molecule has 3 aromatic carbocycles. The molecule has 158 valence electrons. The Labute approximate surface area is 186 Å². The zero-order valence-electron chi connectivity index (χ0n) is 17.5. The molecule has 31 heavy (non-hydrogen) atoms. The van der Waals surface area contributed by atoms with Crippen LogP contribution in [0.2, 0.25) is 0 Å². The van der Waals surface area contributed by atoms with Gasteiger partial charge in [-0.05, 0) is 30.0 Å². The van der Waals surface area contributed by atoms with E-state index < -0.39 is 5.25 Å². The largest absolute Gasteiger partial charge is 0.325 e. The summed E-state index contributed by atoms with van der Waals surface area (Å²) >= 11 is 1.38. The number of hydrogen-bond acceptors (Lipinski definition) is 4. The Balaban J connectivity index is 1.50. The van der Waals surface area contributed by atoms with Gasteiger partial charge in [-0.2, -0.15) is 0 Å². The number of fused-ring (bicyclic) bond motifs is 1. The van der Waals surface area contributed by atoms with Crippen LogP contribution < -0.4 is 5.32 Å². The molecule has 1 aliphatic heterocycles. The summed E-state index contributed by atoms with van der Waals surface area (Å²) in [5.74, 6) is -0.209. The predicted molar refractivity (Wildman–Crippen MR) is 129 cm³/mol. The highest BCUT2D eigenvalue weighted by molar-refractivity contribution is 8.15. The van der Waals surface area contributed by atoms with E-state index in [1.807, 2.05) is 72.8 Å². The number of nitrogens with zero attached hydrogens (tertiary/aromatic N) is 2. The zero-order valence-corrected chi connectivity index (χ0v) is 18.3. The molecule has 3 aromatic rings. The van der Waals surface area contributed by atoms with Crippen molar-refractivity contribution in [3.8, 4) is 0 Å². The van der Waals surface area contributed by atoms with Crippen LogP contribution in [0.1, 0.15) is 26.2 Å².